The Bertz CT molecular complexity index is 1000. The predicted octanol–water partition coefficient (Wildman–Crippen LogP) is 5.97. The molecule has 2 aromatic rings. The minimum absolute atomic E-state index is 0.00675. The second kappa shape index (κ2) is 12.3. The largest absolute Gasteiger partial charge is 0.513 e. The molecule has 33 heavy (non-hydrogen) atoms. The molecule has 1 aliphatic carbocycles. The van der Waals surface area contributed by atoms with E-state index in [2.05, 4.69) is 11.9 Å². The summed E-state index contributed by atoms with van der Waals surface area (Å²) < 4.78 is 5.42. The third-order valence-electron chi connectivity index (χ3n) is 5.17. The highest BCUT2D eigenvalue weighted by Gasteiger charge is 2.29. The number of rotatable bonds is 8. The van der Waals surface area contributed by atoms with Gasteiger partial charge in [0.1, 0.15) is 12.6 Å². The van der Waals surface area contributed by atoms with Crippen LogP contribution in [-0.2, 0) is 9.53 Å². The van der Waals surface area contributed by atoms with Crippen molar-refractivity contribution in [3.05, 3.63) is 95.8 Å². The number of carboxylic acid groups (broad SMARTS) is 1. The summed E-state index contributed by atoms with van der Waals surface area (Å²) in [5, 5.41) is 21.2. The Balaban J connectivity index is 0.00000187. The summed E-state index contributed by atoms with van der Waals surface area (Å²) in [7, 11) is 0. The van der Waals surface area contributed by atoms with Crippen LogP contribution in [-0.4, -0.2) is 34.9 Å². The van der Waals surface area contributed by atoms with E-state index in [1.165, 1.54) is 19.1 Å². The fourth-order valence-corrected chi connectivity index (χ4v) is 3.67. The van der Waals surface area contributed by atoms with Gasteiger partial charge < -0.3 is 20.3 Å². The van der Waals surface area contributed by atoms with Crippen molar-refractivity contribution in [1.82, 2.24) is 5.32 Å². The van der Waals surface area contributed by atoms with Crippen LogP contribution in [0.3, 0.4) is 0 Å². The number of carbonyl (C=O) groups is 2. The number of ether oxygens (including phenoxy) is 1. The van der Waals surface area contributed by atoms with Crippen molar-refractivity contribution in [1.29, 1.82) is 0 Å². The van der Waals surface area contributed by atoms with Gasteiger partial charge in [-0.05, 0) is 40.8 Å². The summed E-state index contributed by atoms with van der Waals surface area (Å²) in [4.78, 5) is 24.0. The predicted molar refractivity (Wildman–Crippen MR) is 130 cm³/mol. The fourth-order valence-electron chi connectivity index (χ4n) is 3.67. The minimum atomic E-state index is -1.19. The second-order valence-corrected chi connectivity index (χ2v) is 7.32. The number of aliphatic hydroxyl groups excluding tert-OH is 1. The third-order valence-corrected chi connectivity index (χ3v) is 5.17. The van der Waals surface area contributed by atoms with Crippen LogP contribution in [0.4, 0.5) is 4.79 Å². The number of aliphatic hydroxyl groups is 1. The summed E-state index contributed by atoms with van der Waals surface area (Å²) in [5.41, 5.74) is 4.94. The van der Waals surface area contributed by atoms with E-state index in [1.54, 1.807) is 6.08 Å². The maximum atomic E-state index is 12.4. The van der Waals surface area contributed by atoms with Crippen molar-refractivity contribution < 1.29 is 24.5 Å². The average Bonchev–Trinajstić information content (AvgIpc) is 3.14. The molecule has 2 aromatic carbocycles. The van der Waals surface area contributed by atoms with Crippen LogP contribution in [0.1, 0.15) is 44.2 Å². The van der Waals surface area contributed by atoms with Crippen LogP contribution < -0.4 is 5.32 Å². The number of allylic oxidation sites excluding steroid dienone is 4. The Morgan fingerprint density at radius 2 is 1.58 bits per heavy atom. The number of benzene rings is 2. The van der Waals surface area contributed by atoms with Gasteiger partial charge in [0.25, 0.3) is 0 Å². The maximum Gasteiger partial charge on any atom is 0.407 e. The maximum absolute atomic E-state index is 12.4. The number of hydrogen-bond donors (Lipinski definition) is 3. The molecule has 0 radical (unpaired) electrons. The lowest BCUT2D eigenvalue weighted by Gasteiger charge is -2.17. The molecule has 6 heteroatoms. The molecule has 0 bridgehead atoms. The van der Waals surface area contributed by atoms with Crippen molar-refractivity contribution in [2.45, 2.75) is 39.2 Å². The molecule has 3 N–H and O–H groups in total. The van der Waals surface area contributed by atoms with Gasteiger partial charge in [-0.1, -0.05) is 81.1 Å². The Labute approximate surface area is 194 Å². The first kappa shape index (κ1) is 25.5. The Morgan fingerprint density at radius 3 is 2.06 bits per heavy atom. The molecule has 0 saturated heterocycles. The van der Waals surface area contributed by atoms with E-state index in [0.717, 1.165) is 22.3 Å². The lowest BCUT2D eigenvalue weighted by molar-refractivity contribution is -0.139. The Kier molecular flexibility index (Phi) is 9.48. The fraction of sp³-hybridized carbons (Fsp3) is 0.259. The molecule has 1 aliphatic rings. The first-order valence-corrected chi connectivity index (χ1v) is 10.9. The van der Waals surface area contributed by atoms with E-state index < -0.39 is 18.1 Å². The molecule has 1 atom stereocenters. The van der Waals surface area contributed by atoms with Gasteiger partial charge >= 0.3 is 12.1 Å². The Hall–Kier alpha value is -3.80. The van der Waals surface area contributed by atoms with Crippen LogP contribution in [0, 0.1) is 0 Å². The zero-order chi connectivity index (χ0) is 24.4. The molecule has 3 rings (SSSR count). The van der Waals surface area contributed by atoms with Crippen LogP contribution in [0.2, 0.25) is 0 Å². The van der Waals surface area contributed by atoms with Crippen molar-refractivity contribution in [2.24, 2.45) is 0 Å². The van der Waals surface area contributed by atoms with E-state index in [0.29, 0.717) is 5.57 Å². The number of amides is 1. The summed E-state index contributed by atoms with van der Waals surface area (Å²) in [6.07, 6.45) is 3.68. The molecule has 0 heterocycles. The number of aliphatic carboxylic acids is 1. The first-order chi connectivity index (χ1) is 15.9. The number of carboxylic acids is 1. The number of hydrogen-bond acceptors (Lipinski definition) is 4. The van der Waals surface area contributed by atoms with Crippen LogP contribution in [0.15, 0.2) is 84.7 Å². The van der Waals surface area contributed by atoms with Gasteiger partial charge in [-0.3, -0.25) is 0 Å². The second-order valence-electron chi connectivity index (χ2n) is 7.32. The van der Waals surface area contributed by atoms with Crippen molar-refractivity contribution in [3.8, 4) is 11.1 Å². The van der Waals surface area contributed by atoms with E-state index >= 15 is 0 Å². The summed E-state index contributed by atoms with van der Waals surface area (Å²) in [6, 6.07) is 14.8. The van der Waals surface area contributed by atoms with Gasteiger partial charge in [-0.2, -0.15) is 0 Å². The first-order valence-electron chi connectivity index (χ1n) is 10.9. The minimum Gasteiger partial charge on any atom is -0.513 e. The number of fused-ring (bicyclic) bond motifs is 3. The normalized spacial score (nSPS) is 13.7. The highest BCUT2D eigenvalue weighted by atomic mass is 16.5. The van der Waals surface area contributed by atoms with Crippen molar-refractivity contribution in [2.75, 3.05) is 6.61 Å². The van der Waals surface area contributed by atoms with E-state index in [1.807, 2.05) is 62.4 Å². The third kappa shape index (κ3) is 6.59. The molecule has 0 aromatic heterocycles. The monoisotopic (exact) mass is 449 g/mol. The average molecular weight is 450 g/mol. The number of nitrogens with one attached hydrogen (secondary N) is 1. The molecule has 0 spiro atoms. The highest BCUT2D eigenvalue weighted by molar-refractivity contribution is 5.81. The molecular formula is C27H31NO5. The smallest absolute Gasteiger partial charge is 0.407 e. The SMILES string of the molecule is C=C/C(=C\C=C(/C)O)CC(NC(=O)OCC1c2ccccc2-c2ccccc21)C(=O)O.CC. The zero-order valence-electron chi connectivity index (χ0n) is 19.2. The molecule has 0 aliphatic heterocycles. The van der Waals surface area contributed by atoms with Gasteiger partial charge in [-0.25, -0.2) is 9.59 Å². The molecule has 1 amide bonds. The highest BCUT2D eigenvalue weighted by Crippen LogP contribution is 2.44. The van der Waals surface area contributed by atoms with Gasteiger partial charge in [0, 0.05) is 12.3 Å². The zero-order valence-corrected chi connectivity index (χ0v) is 19.2. The topological polar surface area (TPSA) is 95.9 Å². The summed E-state index contributed by atoms with van der Waals surface area (Å²) in [5.74, 6) is -1.22. The van der Waals surface area contributed by atoms with E-state index in [9.17, 15) is 19.8 Å². The molecule has 6 nitrogen and oxygen atoms in total. The Morgan fingerprint density at radius 1 is 1.03 bits per heavy atom. The van der Waals surface area contributed by atoms with Crippen LogP contribution in [0.25, 0.3) is 11.1 Å². The summed E-state index contributed by atoms with van der Waals surface area (Å²) >= 11 is 0. The summed E-state index contributed by atoms with van der Waals surface area (Å²) in [6.45, 7) is 9.25. The van der Waals surface area contributed by atoms with Crippen molar-refractivity contribution in [3.63, 3.8) is 0 Å². The van der Waals surface area contributed by atoms with E-state index in [4.69, 9.17) is 4.74 Å². The molecule has 1 unspecified atom stereocenters. The van der Waals surface area contributed by atoms with Gasteiger partial charge in [0.15, 0.2) is 0 Å². The number of carbonyl (C=O) groups excluding carboxylic acids is 1. The van der Waals surface area contributed by atoms with Gasteiger partial charge in [0.05, 0.1) is 5.76 Å². The lowest BCUT2D eigenvalue weighted by Crippen LogP contribution is -2.41. The molecular weight excluding hydrogens is 418 g/mol. The van der Waals surface area contributed by atoms with Crippen molar-refractivity contribution >= 4 is 12.1 Å². The van der Waals surface area contributed by atoms with Crippen LogP contribution in [0.5, 0.6) is 0 Å². The number of alkyl carbamates (subject to hydrolysis) is 1. The molecule has 0 fully saturated rings. The van der Waals surface area contributed by atoms with E-state index in [-0.39, 0.29) is 24.7 Å². The quantitative estimate of drug-likeness (QED) is 0.341. The molecule has 0 saturated carbocycles. The lowest BCUT2D eigenvalue weighted by atomic mass is 9.98. The van der Waals surface area contributed by atoms with Crippen LogP contribution >= 0.6 is 0 Å². The van der Waals surface area contributed by atoms with Gasteiger partial charge in [-0.15, -0.1) is 0 Å². The molecule has 174 valence electrons. The van der Waals surface area contributed by atoms with Gasteiger partial charge in [0.2, 0.25) is 0 Å². The standard InChI is InChI=1S/C25H25NO5.C2H6/c1-3-17(13-12-16(2)27)14-23(24(28)29)26-25(30)31-15-22-20-10-6-4-8-18(20)19-9-5-7-11-21(19)22;1-2/h3-13,22-23,27H,1,14-15H2,2H3,(H,26,30)(H,28,29);1-2H3/b16-12+,17-13+;.